The summed E-state index contributed by atoms with van der Waals surface area (Å²) in [6.45, 7) is -6.01. The summed E-state index contributed by atoms with van der Waals surface area (Å²) in [4.78, 5) is 0.313. The smallest absolute Gasteiger partial charge is 0.126 e. The third kappa shape index (κ3) is 2.02. The van der Waals surface area contributed by atoms with Crippen LogP contribution in [0.3, 0.4) is 0 Å². The van der Waals surface area contributed by atoms with Gasteiger partial charge in [0.2, 0.25) is 0 Å². The van der Waals surface area contributed by atoms with Gasteiger partial charge in [-0.3, -0.25) is 0 Å². The van der Waals surface area contributed by atoms with Crippen molar-refractivity contribution in [2.24, 2.45) is 0 Å². The Morgan fingerprint density at radius 1 is 1.31 bits per heavy atom. The van der Waals surface area contributed by atoms with Gasteiger partial charge < -0.3 is 4.90 Å². The van der Waals surface area contributed by atoms with E-state index < -0.39 is 31.6 Å². The molecule has 0 bridgehead atoms. The Bertz CT molecular complexity index is 544. The van der Waals surface area contributed by atoms with E-state index in [0.717, 1.165) is 12.1 Å². The highest BCUT2D eigenvalue weighted by molar-refractivity contribution is 9.10. The first-order chi connectivity index (χ1) is 9.26. The Balaban J connectivity index is 2.72. The fourth-order valence-electron chi connectivity index (χ4n) is 0.993. The number of halogens is 2. The Morgan fingerprint density at radius 2 is 2.00 bits per heavy atom. The van der Waals surface area contributed by atoms with Gasteiger partial charge in [-0.1, -0.05) is 15.9 Å². The lowest BCUT2D eigenvalue weighted by Crippen LogP contribution is -2.17. The normalized spacial score (nSPS) is 41.2. The van der Waals surface area contributed by atoms with Gasteiger partial charge >= 0.3 is 0 Å². The molecule has 0 saturated carbocycles. The molecule has 0 N–H and O–H groups in total. The van der Waals surface area contributed by atoms with Crippen molar-refractivity contribution in [1.29, 1.82) is 0 Å². The summed E-state index contributed by atoms with van der Waals surface area (Å²) in [5.41, 5.74) is -0.290. The molecule has 1 nitrogen and oxygen atoms in total. The van der Waals surface area contributed by atoms with Crippen LogP contribution in [0.4, 0.5) is 10.1 Å². The second-order valence-corrected chi connectivity index (χ2v) is 3.35. The Morgan fingerprint density at radius 3 is 2.62 bits per heavy atom. The van der Waals surface area contributed by atoms with E-state index >= 15 is 0 Å². The largest absolute Gasteiger partial charge is 0.371 e. The summed E-state index contributed by atoms with van der Waals surface area (Å²) in [7, 11) is 0. The van der Waals surface area contributed by atoms with Gasteiger partial charge in [0.1, 0.15) is 5.82 Å². The van der Waals surface area contributed by atoms with Crippen LogP contribution < -0.4 is 4.90 Å². The van der Waals surface area contributed by atoms with E-state index in [4.69, 9.17) is 11.0 Å². The maximum atomic E-state index is 13.5. The molecule has 2 rings (SSSR count). The molecule has 1 saturated heterocycles. The highest BCUT2D eigenvalue weighted by Gasteiger charge is 2.13. The van der Waals surface area contributed by atoms with Crippen LogP contribution in [0, 0.1) is 5.82 Å². The van der Waals surface area contributed by atoms with E-state index in [1.165, 1.54) is 6.07 Å². The lowest BCUT2D eigenvalue weighted by molar-refractivity contribution is 0.626. The van der Waals surface area contributed by atoms with Crippen LogP contribution in [0.15, 0.2) is 22.7 Å². The van der Waals surface area contributed by atoms with E-state index in [9.17, 15) is 4.39 Å². The van der Waals surface area contributed by atoms with Crippen molar-refractivity contribution in [1.82, 2.24) is 0 Å². The molecule has 70 valence electrons. The molecule has 0 aliphatic carbocycles. The first-order valence-electron chi connectivity index (χ1n) is 7.53. The van der Waals surface area contributed by atoms with Gasteiger partial charge in [0, 0.05) is 34.1 Å². The molecule has 0 atom stereocenters. The van der Waals surface area contributed by atoms with Crippen LogP contribution in [0.1, 0.15) is 23.7 Å². The second kappa shape index (κ2) is 3.66. The molecular formula is C10H11BrFN. The fraction of sp³-hybridized carbons (Fsp3) is 0.400. The first kappa shape index (κ1) is 3.54. The first-order valence-corrected chi connectivity index (χ1v) is 4.32. The minimum absolute atomic E-state index is 0.206. The minimum atomic E-state index is -3.14. The fourth-order valence-corrected chi connectivity index (χ4v) is 1.45. The van der Waals surface area contributed by atoms with Crippen LogP contribution in [0.5, 0.6) is 0 Å². The van der Waals surface area contributed by atoms with Crippen molar-refractivity contribution in [3.8, 4) is 0 Å². The zero-order valence-electron chi connectivity index (χ0n) is 14.4. The molecule has 13 heavy (non-hydrogen) atoms. The zero-order valence-corrected chi connectivity index (χ0v) is 8.02. The standard InChI is InChI=1S/C10H11BrFN/c11-8-5-9(12)7-10(6-8)13-3-1-2-4-13/h5-7H,1-4H2/i1D2,2D2,3D2,4D2. The summed E-state index contributed by atoms with van der Waals surface area (Å²) >= 11 is 2.99. The molecule has 0 spiro atoms. The number of hydrogen-bond acceptors (Lipinski definition) is 1. The molecule has 0 unspecified atom stereocenters. The van der Waals surface area contributed by atoms with Gasteiger partial charge in [-0.25, -0.2) is 4.39 Å². The lowest BCUT2D eigenvalue weighted by atomic mass is 10.3. The van der Waals surface area contributed by atoms with Gasteiger partial charge in [-0.2, -0.15) is 0 Å². The lowest BCUT2D eigenvalue weighted by Gasteiger charge is -2.17. The van der Waals surface area contributed by atoms with Crippen molar-refractivity contribution in [2.45, 2.75) is 12.7 Å². The van der Waals surface area contributed by atoms with E-state index in [2.05, 4.69) is 15.9 Å². The molecule has 1 aliphatic rings. The quantitative estimate of drug-likeness (QED) is 0.742. The summed E-state index contributed by atoms with van der Waals surface area (Å²) in [5.74, 6) is -0.779. The minimum Gasteiger partial charge on any atom is -0.371 e. The highest BCUT2D eigenvalue weighted by atomic mass is 79.9. The third-order valence-corrected chi connectivity index (χ3v) is 1.96. The predicted molar refractivity (Wildman–Crippen MR) is 55.5 cm³/mol. The molecule has 0 radical (unpaired) electrons. The molecular weight excluding hydrogens is 233 g/mol. The van der Waals surface area contributed by atoms with Gasteiger partial charge in [0.25, 0.3) is 0 Å². The number of anilines is 1. The van der Waals surface area contributed by atoms with E-state index in [1.807, 2.05) is 0 Å². The van der Waals surface area contributed by atoms with Crippen LogP contribution in [-0.4, -0.2) is 13.0 Å². The van der Waals surface area contributed by atoms with Crippen molar-refractivity contribution in [3.05, 3.63) is 28.5 Å². The summed E-state index contributed by atoms with van der Waals surface area (Å²) in [5, 5.41) is 0. The molecule has 1 heterocycles. The average Bonchev–Trinajstić information content (AvgIpc) is 2.31. The van der Waals surface area contributed by atoms with Crippen LogP contribution in [0.2, 0.25) is 0 Å². The Labute approximate surface area is 96.9 Å². The predicted octanol–water partition coefficient (Wildman–Crippen LogP) is 3.19. The summed E-state index contributed by atoms with van der Waals surface area (Å²) < 4.78 is 75.7. The van der Waals surface area contributed by atoms with Crippen molar-refractivity contribution < 1.29 is 15.4 Å². The number of benzene rings is 1. The van der Waals surface area contributed by atoms with Gasteiger partial charge in [-0.05, 0) is 30.9 Å². The second-order valence-electron chi connectivity index (χ2n) is 2.44. The molecule has 1 aromatic rings. The number of hydrogen-bond donors (Lipinski definition) is 0. The molecule has 0 amide bonds. The van der Waals surface area contributed by atoms with Gasteiger partial charge in [0.15, 0.2) is 0 Å². The topological polar surface area (TPSA) is 3.24 Å². The molecule has 1 aliphatic heterocycles. The van der Waals surface area contributed by atoms with E-state index in [0.29, 0.717) is 4.90 Å². The molecule has 1 fully saturated rings. The summed E-state index contributed by atoms with van der Waals surface area (Å²) in [6.07, 6.45) is -6.27. The van der Waals surface area contributed by atoms with Gasteiger partial charge in [0.05, 0.1) is 0 Å². The SMILES string of the molecule is [2H]C1([2H])N(c2cc(F)cc(Br)c2)C([2H])([2H])C([2H])([2H])C1([2H])[2H]. The number of nitrogens with zero attached hydrogens (tertiary/aromatic N) is 1. The Kier molecular flexibility index (Phi) is 0.996. The van der Waals surface area contributed by atoms with Gasteiger partial charge in [-0.15, -0.1) is 0 Å². The maximum absolute atomic E-state index is 13.5. The highest BCUT2D eigenvalue weighted by Crippen LogP contribution is 2.24. The summed E-state index contributed by atoms with van der Waals surface area (Å²) in [6, 6.07) is 3.11. The zero-order chi connectivity index (χ0) is 16.4. The monoisotopic (exact) mass is 251 g/mol. The average molecular weight is 252 g/mol. The van der Waals surface area contributed by atoms with Crippen molar-refractivity contribution in [3.63, 3.8) is 0 Å². The van der Waals surface area contributed by atoms with Crippen molar-refractivity contribution >= 4 is 21.6 Å². The van der Waals surface area contributed by atoms with Crippen molar-refractivity contribution in [2.75, 3.05) is 17.9 Å². The molecule has 1 aromatic carbocycles. The molecule has 0 aromatic heterocycles. The third-order valence-electron chi connectivity index (χ3n) is 1.50. The van der Waals surface area contributed by atoms with Crippen LogP contribution in [-0.2, 0) is 0 Å². The van der Waals surface area contributed by atoms with Crippen LogP contribution in [0.25, 0.3) is 0 Å². The number of rotatable bonds is 1. The van der Waals surface area contributed by atoms with Crippen LogP contribution >= 0.6 is 15.9 Å². The Hall–Kier alpha value is -0.570. The van der Waals surface area contributed by atoms with E-state index in [1.54, 1.807) is 0 Å². The molecule has 3 heteroatoms. The van der Waals surface area contributed by atoms with E-state index in [-0.39, 0.29) is 10.2 Å². The maximum Gasteiger partial charge on any atom is 0.126 e.